The summed E-state index contributed by atoms with van der Waals surface area (Å²) in [5.41, 5.74) is 0.917. The van der Waals surface area contributed by atoms with Crippen molar-refractivity contribution in [2.24, 2.45) is 0 Å². The Balaban J connectivity index is 1.88. The number of hydrogen-bond acceptors (Lipinski definition) is 4. The quantitative estimate of drug-likeness (QED) is 0.696. The highest BCUT2D eigenvalue weighted by Crippen LogP contribution is 2.22. The summed E-state index contributed by atoms with van der Waals surface area (Å²) in [7, 11) is 1.62. The van der Waals surface area contributed by atoms with Crippen LogP contribution in [-0.2, 0) is 16.1 Å². The number of carbonyl (C=O) groups excluding carboxylic acids is 1. The number of rotatable bonds is 9. The summed E-state index contributed by atoms with van der Waals surface area (Å²) in [6.45, 7) is 0.0140. The van der Waals surface area contributed by atoms with Gasteiger partial charge in [-0.3, -0.25) is 9.59 Å². The standard InChI is InChI=1S/C19H21NO4S/c1-24-16-7-9-17(10-8-16)25-12-11-18(21)20(14-19(22)23)13-15-5-3-2-4-6-15/h2-10H,11-14H2,1H3,(H,22,23). The van der Waals surface area contributed by atoms with Gasteiger partial charge in [0.05, 0.1) is 7.11 Å². The maximum Gasteiger partial charge on any atom is 0.323 e. The normalized spacial score (nSPS) is 10.3. The third-order valence-electron chi connectivity index (χ3n) is 3.54. The van der Waals surface area contributed by atoms with Crippen molar-refractivity contribution < 1.29 is 19.4 Å². The number of carboxylic acid groups (broad SMARTS) is 1. The van der Waals surface area contributed by atoms with Crippen LogP contribution in [0, 0.1) is 0 Å². The molecule has 0 aliphatic rings. The molecule has 6 heteroatoms. The lowest BCUT2D eigenvalue weighted by Gasteiger charge is -2.21. The molecule has 1 N–H and O–H groups in total. The summed E-state index contributed by atoms with van der Waals surface area (Å²) in [6.07, 6.45) is 0.289. The molecule has 0 bridgehead atoms. The van der Waals surface area contributed by atoms with E-state index in [0.717, 1.165) is 16.2 Å². The van der Waals surface area contributed by atoms with Gasteiger partial charge in [0.1, 0.15) is 12.3 Å². The average molecular weight is 359 g/mol. The van der Waals surface area contributed by atoms with Crippen LogP contribution in [0.5, 0.6) is 5.75 Å². The molecule has 5 nitrogen and oxygen atoms in total. The number of nitrogens with zero attached hydrogens (tertiary/aromatic N) is 1. The number of ether oxygens (including phenoxy) is 1. The lowest BCUT2D eigenvalue weighted by Crippen LogP contribution is -2.35. The first kappa shape index (κ1) is 18.9. The van der Waals surface area contributed by atoms with E-state index in [1.165, 1.54) is 4.90 Å². The van der Waals surface area contributed by atoms with E-state index in [-0.39, 0.29) is 18.9 Å². The maximum atomic E-state index is 12.4. The minimum Gasteiger partial charge on any atom is -0.497 e. The molecule has 0 aliphatic heterocycles. The number of hydrogen-bond donors (Lipinski definition) is 1. The van der Waals surface area contributed by atoms with Gasteiger partial charge in [-0.05, 0) is 29.8 Å². The number of benzene rings is 2. The molecular formula is C19H21NO4S. The van der Waals surface area contributed by atoms with Gasteiger partial charge in [0.15, 0.2) is 0 Å². The summed E-state index contributed by atoms with van der Waals surface area (Å²) in [6, 6.07) is 17.0. The van der Waals surface area contributed by atoms with Crippen molar-refractivity contribution in [3.63, 3.8) is 0 Å². The SMILES string of the molecule is COc1ccc(SCCC(=O)N(CC(=O)O)Cc2ccccc2)cc1. The Labute approximate surface area is 151 Å². The monoisotopic (exact) mass is 359 g/mol. The van der Waals surface area contributed by atoms with Crippen molar-refractivity contribution in [3.05, 3.63) is 60.2 Å². The van der Waals surface area contributed by atoms with Gasteiger partial charge >= 0.3 is 5.97 Å². The van der Waals surface area contributed by atoms with Crippen LogP contribution < -0.4 is 4.74 Å². The number of thioether (sulfide) groups is 1. The molecule has 0 heterocycles. The van der Waals surface area contributed by atoms with Crippen molar-refractivity contribution in [2.75, 3.05) is 19.4 Å². The van der Waals surface area contributed by atoms with E-state index in [0.29, 0.717) is 12.3 Å². The Morgan fingerprint density at radius 2 is 1.76 bits per heavy atom. The van der Waals surface area contributed by atoms with Gasteiger partial charge in [-0.15, -0.1) is 11.8 Å². The van der Waals surface area contributed by atoms with Crippen LogP contribution in [-0.4, -0.2) is 41.3 Å². The Hall–Kier alpha value is -2.47. The third-order valence-corrected chi connectivity index (χ3v) is 4.55. The molecule has 0 radical (unpaired) electrons. The van der Waals surface area contributed by atoms with E-state index in [1.54, 1.807) is 18.9 Å². The van der Waals surface area contributed by atoms with Crippen LogP contribution in [0.3, 0.4) is 0 Å². The Kier molecular flexibility index (Phi) is 7.35. The molecule has 1 amide bonds. The first-order valence-electron chi connectivity index (χ1n) is 7.89. The van der Waals surface area contributed by atoms with Gasteiger partial charge in [0, 0.05) is 23.6 Å². The van der Waals surface area contributed by atoms with Gasteiger partial charge in [-0.25, -0.2) is 0 Å². The molecule has 132 valence electrons. The van der Waals surface area contributed by atoms with Crippen LogP contribution in [0.15, 0.2) is 59.5 Å². The van der Waals surface area contributed by atoms with Crippen molar-refractivity contribution in [2.45, 2.75) is 17.9 Å². The summed E-state index contributed by atoms with van der Waals surface area (Å²) >= 11 is 1.56. The van der Waals surface area contributed by atoms with Gasteiger partial charge in [0.2, 0.25) is 5.91 Å². The summed E-state index contributed by atoms with van der Waals surface area (Å²) in [5, 5.41) is 9.05. The highest BCUT2D eigenvalue weighted by atomic mass is 32.2. The van der Waals surface area contributed by atoms with Crippen LogP contribution in [0.25, 0.3) is 0 Å². The number of carboxylic acids is 1. The second kappa shape index (κ2) is 9.74. The van der Waals surface area contributed by atoms with Crippen LogP contribution in [0.1, 0.15) is 12.0 Å². The van der Waals surface area contributed by atoms with Crippen molar-refractivity contribution in [3.8, 4) is 5.75 Å². The predicted octanol–water partition coefficient (Wildman–Crippen LogP) is 3.29. The predicted molar refractivity (Wildman–Crippen MR) is 97.8 cm³/mol. The van der Waals surface area contributed by atoms with Crippen LogP contribution in [0.4, 0.5) is 0 Å². The fourth-order valence-electron chi connectivity index (χ4n) is 2.29. The first-order chi connectivity index (χ1) is 12.1. The minimum atomic E-state index is -1.01. The topological polar surface area (TPSA) is 66.8 Å². The summed E-state index contributed by atoms with van der Waals surface area (Å²) in [4.78, 5) is 25.9. The molecule has 0 saturated heterocycles. The molecule has 0 saturated carbocycles. The molecule has 2 rings (SSSR count). The smallest absolute Gasteiger partial charge is 0.323 e. The molecule has 2 aromatic rings. The first-order valence-corrected chi connectivity index (χ1v) is 8.87. The second-order valence-electron chi connectivity index (χ2n) is 5.40. The number of aliphatic carboxylic acids is 1. The molecule has 0 atom stereocenters. The van der Waals surface area contributed by atoms with Crippen molar-refractivity contribution in [1.29, 1.82) is 0 Å². The summed E-state index contributed by atoms with van der Waals surface area (Å²) < 4.78 is 5.11. The highest BCUT2D eigenvalue weighted by Gasteiger charge is 2.17. The van der Waals surface area contributed by atoms with Crippen LogP contribution >= 0.6 is 11.8 Å². The third kappa shape index (κ3) is 6.51. The van der Waals surface area contributed by atoms with Crippen molar-refractivity contribution >= 4 is 23.6 Å². The molecule has 0 unspecified atom stereocenters. The Morgan fingerprint density at radius 1 is 1.08 bits per heavy atom. The lowest BCUT2D eigenvalue weighted by atomic mass is 10.2. The number of methoxy groups -OCH3 is 1. The van der Waals surface area contributed by atoms with E-state index in [4.69, 9.17) is 9.84 Å². The molecule has 0 fully saturated rings. The second-order valence-corrected chi connectivity index (χ2v) is 6.57. The van der Waals surface area contributed by atoms with Gasteiger partial charge < -0.3 is 14.7 Å². The Bertz CT molecular complexity index is 688. The van der Waals surface area contributed by atoms with E-state index >= 15 is 0 Å². The van der Waals surface area contributed by atoms with E-state index in [1.807, 2.05) is 54.6 Å². The molecule has 0 aliphatic carbocycles. The van der Waals surface area contributed by atoms with E-state index in [9.17, 15) is 9.59 Å². The van der Waals surface area contributed by atoms with Gasteiger partial charge in [-0.2, -0.15) is 0 Å². The highest BCUT2D eigenvalue weighted by molar-refractivity contribution is 7.99. The molecule has 0 spiro atoms. The molecule has 0 aromatic heterocycles. The number of carbonyl (C=O) groups is 2. The zero-order chi connectivity index (χ0) is 18.1. The minimum absolute atomic E-state index is 0.160. The van der Waals surface area contributed by atoms with Gasteiger partial charge in [-0.1, -0.05) is 30.3 Å². The zero-order valence-corrected chi connectivity index (χ0v) is 14.9. The lowest BCUT2D eigenvalue weighted by molar-refractivity contribution is -0.144. The number of amides is 1. The zero-order valence-electron chi connectivity index (χ0n) is 14.1. The van der Waals surface area contributed by atoms with Crippen molar-refractivity contribution in [1.82, 2.24) is 4.90 Å². The molecule has 25 heavy (non-hydrogen) atoms. The van der Waals surface area contributed by atoms with E-state index in [2.05, 4.69) is 0 Å². The largest absolute Gasteiger partial charge is 0.497 e. The summed E-state index contributed by atoms with van der Waals surface area (Å²) in [5.74, 6) is 0.214. The van der Waals surface area contributed by atoms with E-state index < -0.39 is 5.97 Å². The fraction of sp³-hybridized carbons (Fsp3) is 0.263. The van der Waals surface area contributed by atoms with Crippen LogP contribution in [0.2, 0.25) is 0 Å². The average Bonchev–Trinajstić information content (AvgIpc) is 2.62. The molecule has 2 aromatic carbocycles. The van der Waals surface area contributed by atoms with Gasteiger partial charge in [0.25, 0.3) is 0 Å². The Morgan fingerprint density at radius 3 is 2.36 bits per heavy atom. The fourth-order valence-corrected chi connectivity index (χ4v) is 3.13. The molecular weight excluding hydrogens is 338 g/mol. The maximum absolute atomic E-state index is 12.4.